The predicted octanol–water partition coefficient (Wildman–Crippen LogP) is 1.68. The maximum atomic E-state index is 13.3. The maximum absolute atomic E-state index is 13.3. The van der Waals surface area contributed by atoms with Crippen molar-refractivity contribution in [2.45, 2.75) is 65.0 Å². The van der Waals surface area contributed by atoms with Gasteiger partial charge in [-0.1, -0.05) is 27.7 Å². The molecule has 7 nitrogen and oxygen atoms in total. The third kappa shape index (κ3) is 3.98. The SMILES string of the molecule is CC(C)CN1CCC2(CC1)NC(=O)N([C@@H]1CCCN(C(=O)C(C)C)C1)C2=O. The normalized spacial score (nSPS) is 26.4. The third-order valence-electron chi connectivity index (χ3n) is 6.09. The molecule has 3 aliphatic rings. The zero-order valence-electron chi connectivity index (χ0n) is 17.2. The van der Waals surface area contributed by atoms with Crippen LogP contribution in [0.5, 0.6) is 0 Å². The van der Waals surface area contributed by atoms with Gasteiger partial charge in [0.15, 0.2) is 0 Å². The van der Waals surface area contributed by atoms with Gasteiger partial charge in [0.25, 0.3) is 5.91 Å². The zero-order chi connectivity index (χ0) is 19.8. The van der Waals surface area contributed by atoms with Crippen LogP contribution >= 0.6 is 0 Å². The average Bonchev–Trinajstić information content (AvgIpc) is 2.86. The van der Waals surface area contributed by atoms with Crippen molar-refractivity contribution in [3.05, 3.63) is 0 Å². The van der Waals surface area contributed by atoms with Gasteiger partial charge in [0.05, 0.1) is 6.04 Å². The molecule has 3 saturated heterocycles. The first-order valence-corrected chi connectivity index (χ1v) is 10.4. The summed E-state index contributed by atoms with van der Waals surface area (Å²) in [7, 11) is 0. The number of piperidine rings is 2. The van der Waals surface area contributed by atoms with Gasteiger partial charge in [-0.05, 0) is 31.6 Å². The zero-order valence-corrected chi connectivity index (χ0v) is 17.2. The number of hydrogen-bond donors (Lipinski definition) is 1. The Morgan fingerprint density at radius 2 is 1.81 bits per heavy atom. The number of carbonyl (C=O) groups excluding carboxylic acids is 3. The number of carbonyl (C=O) groups is 3. The van der Waals surface area contributed by atoms with Crippen molar-refractivity contribution in [3.63, 3.8) is 0 Å². The van der Waals surface area contributed by atoms with Crippen LogP contribution in [0.15, 0.2) is 0 Å². The highest BCUT2D eigenvalue weighted by Gasteiger charge is 2.54. The number of urea groups is 1. The molecule has 0 bridgehead atoms. The molecule has 0 aromatic heterocycles. The first-order chi connectivity index (χ1) is 12.7. The van der Waals surface area contributed by atoms with Gasteiger partial charge in [-0.15, -0.1) is 0 Å². The minimum absolute atomic E-state index is 0.0662. The van der Waals surface area contributed by atoms with E-state index in [4.69, 9.17) is 0 Å². The van der Waals surface area contributed by atoms with E-state index in [0.717, 1.165) is 32.5 Å². The summed E-state index contributed by atoms with van der Waals surface area (Å²) >= 11 is 0. The number of rotatable bonds is 4. The Hall–Kier alpha value is -1.63. The highest BCUT2D eigenvalue weighted by Crippen LogP contribution is 2.32. The van der Waals surface area contributed by atoms with Crippen LogP contribution in [-0.2, 0) is 9.59 Å². The lowest BCUT2D eigenvalue weighted by molar-refractivity contribution is -0.140. The fourth-order valence-corrected chi connectivity index (χ4v) is 4.68. The summed E-state index contributed by atoms with van der Waals surface area (Å²) in [6.07, 6.45) is 2.94. The number of amides is 4. The van der Waals surface area contributed by atoms with Crippen LogP contribution in [0.4, 0.5) is 4.79 Å². The lowest BCUT2D eigenvalue weighted by atomic mass is 9.86. The van der Waals surface area contributed by atoms with Crippen molar-refractivity contribution in [1.82, 2.24) is 20.0 Å². The summed E-state index contributed by atoms with van der Waals surface area (Å²) in [4.78, 5) is 43.9. The van der Waals surface area contributed by atoms with Crippen molar-refractivity contribution >= 4 is 17.8 Å². The Morgan fingerprint density at radius 1 is 1.15 bits per heavy atom. The van der Waals surface area contributed by atoms with E-state index in [-0.39, 0.29) is 29.8 Å². The molecule has 0 aromatic rings. The molecule has 4 amide bonds. The summed E-state index contributed by atoms with van der Waals surface area (Å²) in [6, 6.07) is -0.483. The largest absolute Gasteiger partial charge is 0.340 e. The lowest BCUT2D eigenvalue weighted by Crippen LogP contribution is -2.56. The number of nitrogens with zero attached hydrogens (tertiary/aromatic N) is 3. The maximum Gasteiger partial charge on any atom is 0.325 e. The highest BCUT2D eigenvalue weighted by molar-refractivity contribution is 6.07. The molecule has 0 radical (unpaired) electrons. The van der Waals surface area contributed by atoms with Gasteiger partial charge < -0.3 is 15.1 Å². The second-order valence-corrected chi connectivity index (χ2v) is 9.12. The first kappa shape index (κ1) is 20.1. The molecule has 1 N–H and O–H groups in total. The molecular weight excluding hydrogens is 344 g/mol. The highest BCUT2D eigenvalue weighted by atomic mass is 16.2. The summed E-state index contributed by atoms with van der Waals surface area (Å²) in [6.45, 7) is 12.0. The van der Waals surface area contributed by atoms with Gasteiger partial charge >= 0.3 is 6.03 Å². The number of likely N-dealkylation sites (tertiary alicyclic amines) is 2. The Morgan fingerprint density at radius 3 is 2.41 bits per heavy atom. The lowest BCUT2D eigenvalue weighted by Gasteiger charge is -2.39. The summed E-state index contributed by atoms with van der Waals surface area (Å²) < 4.78 is 0. The van der Waals surface area contributed by atoms with E-state index in [2.05, 4.69) is 24.1 Å². The predicted molar refractivity (Wildman–Crippen MR) is 103 cm³/mol. The number of imide groups is 1. The number of nitrogens with one attached hydrogen (secondary N) is 1. The van der Waals surface area contributed by atoms with Crippen LogP contribution in [0.2, 0.25) is 0 Å². The molecule has 0 aromatic carbocycles. The molecule has 0 saturated carbocycles. The minimum Gasteiger partial charge on any atom is -0.340 e. The van der Waals surface area contributed by atoms with Gasteiger partial charge in [-0.2, -0.15) is 0 Å². The van der Waals surface area contributed by atoms with Crippen LogP contribution in [0, 0.1) is 11.8 Å². The van der Waals surface area contributed by atoms with E-state index >= 15 is 0 Å². The molecule has 27 heavy (non-hydrogen) atoms. The quantitative estimate of drug-likeness (QED) is 0.756. The smallest absolute Gasteiger partial charge is 0.325 e. The van der Waals surface area contributed by atoms with Gasteiger partial charge in [0.2, 0.25) is 5.91 Å². The standard InChI is InChI=1S/C20H34N4O3/c1-14(2)12-22-10-7-20(8-11-22)18(26)24(19(27)21-20)16-6-5-9-23(13-16)17(25)15(3)4/h14-16H,5-13H2,1-4H3,(H,21,27)/t16-/m1/s1. The van der Waals surface area contributed by atoms with Crippen molar-refractivity contribution in [2.24, 2.45) is 11.8 Å². The fourth-order valence-electron chi connectivity index (χ4n) is 4.68. The molecule has 1 spiro atoms. The summed E-state index contributed by atoms with van der Waals surface area (Å²) in [5.74, 6) is 0.545. The Bertz CT molecular complexity index is 596. The molecule has 3 rings (SSSR count). The van der Waals surface area contributed by atoms with Crippen molar-refractivity contribution in [3.8, 4) is 0 Å². The topological polar surface area (TPSA) is 73.0 Å². The van der Waals surface area contributed by atoms with Gasteiger partial charge in [0, 0.05) is 38.6 Å². The molecule has 0 unspecified atom stereocenters. The van der Waals surface area contributed by atoms with E-state index in [1.54, 1.807) is 0 Å². The van der Waals surface area contributed by atoms with E-state index < -0.39 is 5.54 Å². The molecular formula is C20H34N4O3. The fraction of sp³-hybridized carbons (Fsp3) is 0.850. The first-order valence-electron chi connectivity index (χ1n) is 10.4. The molecule has 3 heterocycles. The number of hydrogen-bond acceptors (Lipinski definition) is 4. The van der Waals surface area contributed by atoms with Crippen LogP contribution in [0.1, 0.15) is 53.4 Å². The third-order valence-corrected chi connectivity index (χ3v) is 6.09. The van der Waals surface area contributed by atoms with Crippen LogP contribution in [0.3, 0.4) is 0 Å². The van der Waals surface area contributed by atoms with Crippen LogP contribution < -0.4 is 5.32 Å². The van der Waals surface area contributed by atoms with E-state index in [1.807, 2.05) is 18.7 Å². The van der Waals surface area contributed by atoms with Crippen molar-refractivity contribution in [1.29, 1.82) is 0 Å². The molecule has 1 atom stereocenters. The van der Waals surface area contributed by atoms with Crippen LogP contribution in [0.25, 0.3) is 0 Å². The Labute approximate surface area is 162 Å². The minimum atomic E-state index is -0.741. The summed E-state index contributed by atoms with van der Waals surface area (Å²) in [5.41, 5.74) is -0.741. The van der Waals surface area contributed by atoms with Gasteiger partial charge in [-0.3, -0.25) is 14.5 Å². The van der Waals surface area contributed by atoms with E-state index in [9.17, 15) is 14.4 Å². The molecule has 0 aliphatic carbocycles. The molecule has 3 fully saturated rings. The molecule has 3 aliphatic heterocycles. The summed E-state index contributed by atoms with van der Waals surface area (Å²) in [5, 5.41) is 3.01. The van der Waals surface area contributed by atoms with Gasteiger partial charge in [0.1, 0.15) is 5.54 Å². The molecule has 152 valence electrons. The molecule has 7 heteroatoms. The van der Waals surface area contributed by atoms with Gasteiger partial charge in [-0.25, -0.2) is 4.79 Å². The average molecular weight is 379 g/mol. The Balaban J connectivity index is 1.67. The second kappa shape index (κ2) is 7.78. The Kier molecular flexibility index (Phi) is 5.79. The van der Waals surface area contributed by atoms with Crippen molar-refractivity contribution in [2.75, 3.05) is 32.7 Å². The van der Waals surface area contributed by atoms with E-state index in [0.29, 0.717) is 31.8 Å². The van der Waals surface area contributed by atoms with Crippen LogP contribution in [-0.4, -0.2) is 76.8 Å². The van der Waals surface area contributed by atoms with E-state index in [1.165, 1.54) is 4.90 Å². The monoisotopic (exact) mass is 378 g/mol. The second-order valence-electron chi connectivity index (χ2n) is 9.12. The van der Waals surface area contributed by atoms with Crippen molar-refractivity contribution < 1.29 is 14.4 Å².